The summed E-state index contributed by atoms with van der Waals surface area (Å²) in [6.07, 6.45) is 2.88. The van der Waals surface area contributed by atoms with Crippen LogP contribution in [0.4, 0.5) is 0 Å². The van der Waals surface area contributed by atoms with E-state index in [0.717, 1.165) is 28.6 Å². The van der Waals surface area contributed by atoms with Crippen molar-refractivity contribution in [1.82, 2.24) is 9.66 Å². The molecule has 0 bridgehead atoms. The van der Waals surface area contributed by atoms with Gasteiger partial charge in [0.2, 0.25) is 0 Å². The van der Waals surface area contributed by atoms with Crippen LogP contribution in [0.2, 0.25) is 0 Å². The monoisotopic (exact) mass is 233 g/mol. The van der Waals surface area contributed by atoms with Gasteiger partial charge < -0.3 is 5.01 Å². The summed E-state index contributed by atoms with van der Waals surface area (Å²) >= 11 is 5.35. The molecule has 3 nitrogen and oxygen atoms in total. The fourth-order valence-corrected chi connectivity index (χ4v) is 2.10. The molecule has 16 heavy (non-hydrogen) atoms. The Morgan fingerprint density at radius 2 is 2.19 bits per heavy atom. The predicted octanol–water partition coefficient (Wildman–Crippen LogP) is 2.74. The van der Waals surface area contributed by atoms with Gasteiger partial charge in [0.1, 0.15) is 4.64 Å². The third-order valence-corrected chi connectivity index (χ3v) is 2.83. The number of hydrogen-bond donors (Lipinski definition) is 0. The molecular formula is C12H15N3S. The quantitative estimate of drug-likeness (QED) is 0.761. The molecule has 4 heteroatoms. The second-order valence-electron chi connectivity index (χ2n) is 3.78. The Labute approximate surface area is 100 Å². The summed E-state index contributed by atoms with van der Waals surface area (Å²) in [6, 6.07) is 7.95. The summed E-state index contributed by atoms with van der Waals surface area (Å²) in [6.45, 7) is 3.11. The van der Waals surface area contributed by atoms with Gasteiger partial charge >= 0.3 is 0 Å². The van der Waals surface area contributed by atoms with Crippen molar-refractivity contribution >= 4 is 23.3 Å². The van der Waals surface area contributed by atoms with E-state index < -0.39 is 0 Å². The summed E-state index contributed by atoms with van der Waals surface area (Å²) < 4.78 is 2.79. The Bertz CT molecular complexity index is 547. The van der Waals surface area contributed by atoms with Crippen molar-refractivity contribution in [1.29, 1.82) is 0 Å². The van der Waals surface area contributed by atoms with Crippen LogP contribution in [0.15, 0.2) is 30.5 Å². The minimum atomic E-state index is 0.794. The SMILES string of the molecule is CCCN(C)n1c(=S)ccc2cccnc21. The molecule has 0 spiro atoms. The van der Waals surface area contributed by atoms with Gasteiger partial charge in [-0.2, -0.15) is 0 Å². The Kier molecular flexibility index (Phi) is 3.19. The molecular weight excluding hydrogens is 218 g/mol. The van der Waals surface area contributed by atoms with Crippen molar-refractivity contribution in [3.8, 4) is 0 Å². The van der Waals surface area contributed by atoms with Crippen molar-refractivity contribution in [3.63, 3.8) is 0 Å². The lowest BCUT2D eigenvalue weighted by molar-refractivity contribution is 0.643. The number of rotatable bonds is 3. The van der Waals surface area contributed by atoms with Gasteiger partial charge in [-0.1, -0.05) is 19.1 Å². The lowest BCUT2D eigenvalue weighted by atomic mass is 10.3. The first-order valence-corrected chi connectivity index (χ1v) is 5.83. The topological polar surface area (TPSA) is 21.1 Å². The van der Waals surface area contributed by atoms with Crippen LogP contribution in [0.3, 0.4) is 0 Å². The fourth-order valence-electron chi connectivity index (χ4n) is 1.81. The molecule has 0 aliphatic rings. The standard InChI is InChI=1S/C12H15N3S/c1-3-9-14(2)15-11(16)7-6-10-5-4-8-13-12(10)15/h4-8H,3,9H2,1-2H3. The molecule has 2 rings (SSSR count). The van der Waals surface area contributed by atoms with Gasteiger partial charge in [0.25, 0.3) is 0 Å². The van der Waals surface area contributed by atoms with E-state index in [1.165, 1.54) is 0 Å². The molecule has 0 radical (unpaired) electrons. The van der Waals surface area contributed by atoms with E-state index in [1.807, 2.05) is 36.0 Å². The molecule has 2 aromatic rings. The number of aromatic nitrogens is 2. The molecule has 84 valence electrons. The van der Waals surface area contributed by atoms with Gasteiger partial charge in [-0.05, 0) is 30.7 Å². The van der Waals surface area contributed by atoms with E-state index in [0.29, 0.717) is 0 Å². The first-order chi connectivity index (χ1) is 7.74. The van der Waals surface area contributed by atoms with Crippen molar-refractivity contribution in [2.45, 2.75) is 13.3 Å². The summed E-state index contributed by atoms with van der Waals surface area (Å²) in [4.78, 5) is 4.40. The van der Waals surface area contributed by atoms with Crippen molar-refractivity contribution < 1.29 is 0 Å². The minimum absolute atomic E-state index is 0.794. The molecule has 2 heterocycles. The number of fused-ring (bicyclic) bond motifs is 1. The van der Waals surface area contributed by atoms with Gasteiger partial charge in [0, 0.05) is 25.2 Å². The molecule has 0 atom stereocenters. The van der Waals surface area contributed by atoms with Crippen molar-refractivity contribution in [2.24, 2.45) is 0 Å². The largest absolute Gasteiger partial charge is 0.313 e. The fraction of sp³-hybridized carbons (Fsp3) is 0.333. The minimum Gasteiger partial charge on any atom is -0.313 e. The Morgan fingerprint density at radius 1 is 1.38 bits per heavy atom. The van der Waals surface area contributed by atoms with Gasteiger partial charge in [-0.15, -0.1) is 0 Å². The molecule has 0 unspecified atom stereocenters. The summed E-state index contributed by atoms with van der Waals surface area (Å²) in [5, 5.41) is 3.22. The lowest BCUT2D eigenvalue weighted by Gasteiger charge is -2.23. The highest BCUT2D eigenvalue weighted by Crippen LogP contribution is 2.11. The molecule has 0 aromatic carbocycles. The zero-order valence-electron chi connectivity index (χ0n) is 9.55. The van der Waals surface area contributed by atoms with E-state index in [-0.39, 0.29) is 0 Å². The van der Waals surface area contributed by atoms with Gasteiger partial charge in [0.05, 0.1) is 0 Å². The highest BCUT2D eigenvalue weighted by molar-refractivity contribution is 7.71. The van der Waals surface area contributed by atoms with Gasteiger partial charge in [0.15, 0.2) is 5.65 Å². The second kappa shape index (κ2) is 4.61. The molecule has 2 aromatic heterocycles. The van der Waals surface area contributed by atoms with Crippen LogP contribution < -0.4 is 5.01 Å². The highest BCUT2D eigenvalue weighted by Gasteiger charge is 2.04. The summed E-state index contributed by atoms with van der Waals surface area (Å²) in [7, 11) is 2.04. The van der Waals surface area contributed by atoms with E-state index in [1.54, 1.807) is 6.20 Å². The van der Waals surface area contributed by atoms with Crippen LogP contribution in [0.25, 0.3) is 11.0 Å². The van der Waals surface area contributed by atoms with Crippen LogP contribution in [0, 0.1) is 4.64 Å². The summed E-state index contributed by atoms with van der Waals surface area (Å²) in [5.41, 5.74) is 0.922. The first kappa shape index (κ1) is 11.1. The molecule has 0 amide bonds. The van der Waals surface area contributed by atoms with Crippen LogP contribution in [0.1, 0.15) is 13.3 Å². The number of pyridine rings is 2. The lowest BCUT2D eigenvalue weighted by Crippen LogP contribution is -2.32. The highest BCUT2D eigenvalue weighted by atomic mass is 32.1. The maximum atomic E-state index is 5.35. The average molecular weight is 233 g/mol. The maximum Gasteiger partial charge on any atom is 0.159 e. The number of hydrogen-bond acceptors (Lipinski definition) is 3. The van der Waals surface area contributed by atoms with E-state index >= 15 is 0 Å². The van der Waals surface area contributed by atoms with Crippen LogP contribution in [-0.2, 0) is 0 Å². The molecule has 0 N–H and O–H groups in total. The van der Waals surface area contributed by atoms with Gasteiger partial charge in [-0.3, -0.25) is 0 Å². The van der Waals surface area contributed by atoms with Crippen LogP contribution >= 0.6 is 12.2 Å². The smallest absolute Gasteiger partial charge is 0.159 e. The van der Waals surface area contributed by atoms with E-state index in [9.17, 15) is 0 Å². The molecule has 0 aliphatic heterocycles. The average Bonchev–Trinajstić information content (AvgIpc) is 2.29. The van der Waals surface area contributed by atoms with E-state index in [4.69, 9.17) is 12.2 Å². The Hall–Kier alpha value is -1.42. The Morgan fingerprint density at radius 3 is 2.94 bits per heavy atom. The van der Waals surface area contributed by atoms with Crippen molar-refractivity contribution in [2.75, 3.05) is 18.6 Å². The maximum absolute atomic E-state index is 5.35. The van der Waals surface area contributed by atoms with Crippen molar-refractivity contribution in [3.05, 3.63) is 35.1 Å². The third kappa shape index (κ3) is 1.93. The summed E-state index contributed by atoms with van der Waals surface area (Å²) in [5.74, 6) is 0. The number of nitrogens with zero attached hydrogens (tertiary/aromatic N) is 3. The van der Waals surface area contributed by atoms with Crippen LogP contribution in [-0.4, -0.2) is 23.3 Å². The molecule has 0 saturated heterocycles. The third-order valence-electron chi connectivity index (χ3n) is 2.52. The zero-order chi connectivity index (χ0) is 11.5. The second-order valence-corrected chi connectivity index (χ2v) is 4.20. The molecule has 0 saturated carbocycles. The Balaban J connectivity index is 2.66. The zero-order valence-corrected chi connectivity index (χ0v) is 10.4. The first-order valence-electron chi connectivity index (χ1n) is 5.42. The molecule has 0 fully saturated rings. The van der Waals surface area contributed by atoms with Crippen LogP contribution in [0.5, 0.6) is 0 Å². The van der Waals surface area contributed by atoms with Gasteiger partial charge in [-0.25, -0.2) is 9.66 Å². The van der Waals surface area contributed by atoms with E-state index in [2.05, 4.69) is 16.9 Å². The predicted molar refractivity (Wildman–Crippen MR) is 69.9 cm³/mol. The normalized spacial score (nSPS) is 10.6. The molecule has 0 aliphatic carbocycles.